The smallest absolute Gasteiger partial charge is 0.0218 e. The predicted molar refractivity (Wildman–Crippen MR) is 47.9 cm³/mol. The third-order valence-corrected chi connectivity index (χ3v) is 2.62. The minimum Gasteiger partial charge on any atom is -0.271 e. The first kappa shape index (κ1) is 9.01. The maximum absolute atomic E-state index is 5.44. The Hall–Kier alpha value is -0.0800. The second-order valence-electron chi connectivity index (χ2n) is 4.78. The fourth-order valence-corrected chi connectivity index (χ4v) is 2.47. The second-order valence-corrected chi connectivity index (χ2v) is 4.78. The van der Waals surface area contributed by atoms with E-state index in [0.29, 0.717) is 11.5 Å². The molecule has 0 unspecified atom stereocenters. The van der Waals surface area contributed by atoms with Crippen molar-refractivity contribution >= 4 is 0 Å². The van der Waals surface area contributed by atoms with Crippen molar-refractivity contribution in [2.75, 3.05) is 0 Å². The zero-order valence-electron chi connectivity index (χ0n) is 7.85. The molecule has 2 heteroatoms. The van der Waals surface area contributed by atoms with Gasteiger partial charge in [0.05, 0.1) is 0 Å². The van der Waals surface area contributed by atoms with Crippen molar-refractivity contribution in [3.63, 3.8) is 0 Å². The number of rotatable bonds is 1. The summed E-state index contributed by atoms with van der Waals surface area (Å²) in [7, 11) is 0. The van der Waals surface area contributed by atoms with Gasteiger partial charge in [-0.05, 0) is 30.6 Å². The SMILES string of the molecule is C[C@@H]1C[C@@H](NN)CC(C)(C)C1. The maximum atomic E-state index is 5.44. The number of hydrazine groups is 1. The average Bonchev–Trinajstić information content (AvgIpc) is 1.83. The molecule has 0 aromatic rings. The molecule has 2 atom stereocenters. The van der Waals surface area contributed by atoms with E-state index < -0.39 is 0 Å². The van der Waals surface area contributed by atoms with Gasteiger partial charge in [0.2, 0.25) is 0 Å². The predicted octanol–water partition coefficient (Wildman–Crippen LogP) is 1.66. The molecule has 0 aliphatic heterocycles. The number of hydrogen-bond donors (Lipinski definition) is 2. The number of nitrogens with two attached hydrogens (primary N) is 1. The van der Waals surface area contributed by atoms with E-state index in [1.165, 1.54) is 19.3 Å². The van der Waals surface area contributed by atoms with Crippen LogP contribution in [0.25, 0.3) is 0 Å². The Kier molecular flexibility index (Phi) is 2.55. The highest BCUT2D eigenvalue weighted by atomic mass is 15.2. The third-order valence-electron chi connectivity index (χ3n) is 2.62. The summed E-state index contributed by atoms with van der Waals surface area (Å²) in [4.78, 5) is 0. The number of hydrogen-bond acceptors (Lipinski definition) is 2. The lowest BCUT2D eigenvalue weighted by atomic mass is 9.71. The fourth-order valence-electron chi connectivity index (χ4n) is 2.47. The van der Waals surface area contributed by atoms with Crippen molar-refractivity contribution in [2.45, 2.75) is 46.1 Å². The van der Waals surface area contributed by atoms with E-state index in [4.69, 9.17) is 5.84 Å². The Morgan fingerprint density at radius 2 is 2.00 bits per heavy atom. The van der Waals surface area contributed by atoms with Crippen LogP contribution in [0.3, 0.4) is 0 Å². The molecule has 1 fully saturated rings. The molecule has 1 aliphatic carbocycles. The first-order chi connectivity index (χ1) is 5.03. The Labute approximate surface area is 69.5 Å². The highest BCUT2D eigenvalue weighted by Gasteiger charge is 2.31. The molecule has 0 aromatic heterocycles. The quantitative estimate of drug-likeness (QED) is 0.447. The fraction of sp³-hybridized carbons (Fsp3) is 1.00. The summed E-state index contributed by atoms with van der Waals surface area (Å²) in [5.74, 6) is 6.26. The molecule has 1 saturated carbocycles. The van der Waals surface area contributed by atoms with Crippen LogP contribution in [-0.2, 0) is 0 Å². The van der Waals surface area contributed by atoms with Crippen molar-refractivity contribution in [1.82, 2.24) is 5.43 Å². The molecule has 0 heterocycles. The molecule has 1 rings (SSSR count). The first-order valence-electron chi connectivity index (χ1n) is 4.49. The van der Waals surface area contributed by atoms with Gasteiger partial charge < -0.3 is 0 Å². The van der Waals surface area contributed by atoms with Crippen LogP contribution in [0, 0.1) is 11.3 Å². The van der Waals surface area contributed by atoms with Gasteiger partial charge in [0.15, 0.2) is 0 Å². The van der Waals surface area contributed by atoms with Crippen molar-refractivity contribution in [2.24, 2.45) is 17.2 Å². The second kappa shape index (κ2) is 3.11. The van der Waals surface area contributed by atoms with Gasteiger partial charge in [-0.25, -0.2) is 0 Å². The summed E-state index contributed by atoms with van der Waals surface area (Å²) in [6.45, 7) is 6.96. The van der Waals surface area contributed by atoms with Crippen LogP contribution < -0.4 is 11.3 Å². The molecular formula is C9H20N2. The van der Waals surface area contributed by atoms with E-state index in [9.17, 15) is 0 Å². The summed E-state index contributed by atoms with van der Waals surface area (Å²) in [6, 6.07) is 0.536. The summed E-state index contributed by atoms with van der Waals surface area (Å²) in [5.41, 5.74) is 3.37. The molecular weight excluding hydrogens is 136 g/mol. The monoisotopic (exact) mass is 156 g/mol. The zero-order chi connectivity index (χ0) is 8.48. The van der Waals surface area contributed by atoms with Gasteiger partial charge in [0.25, 0.3) is 0 Å². The van der Waals surface area contributed by atoms with Crippen molar-refractivity contribution in [3.8, 4) is 0 Å². The molecule has 0 aromatic carbocycles. The molecule has 0 amide bonds. The van der Waals surface area contributed by atoms with Crippen LogP contribution in [-0.4, -0.2) is 6.04 Å². The lowest BCUT2D eigenvalue weighted by molar-refractivity contribution is 0.152. The molecule has 0 saturated heterocycles. The van der Waals surface area contributed by atoms with Gasteiger partial charge in [0, 0.05) is 6.04 Å². The highest BCUT2D eigenvalue weighted by Crippen LogP contribution is 2.38. The maximum Gasteiger partial charge on any atom is 0.0218 e. The van der Waals surface area contributed by atoms with Crippen LogP contribution in [0.4, 0.5) is 0 Å². The Morgan fingerprint density at radius 3 is 2.45 bits per heavy atom. The lowest BCUT2D eigenvalue weighted by Crippen LogP contribution is -2.43. The molecule has 0 radical (unpaired) electrons. The third kappa shape index (κ3) is 2.46. The summed E-state index contributed by atoms with van der Waals surface area (Å²) >= 11 is 0. The summed E-state index contributed by atoms with van der Waals surface area (Å²) in [6.07, 6.45) is 3.79. The minimum atomic E-state index is 0.481. The number of nitrogens with one attached hydrogen (secondary N) is 1. The molecule has 0 bridgehead atoms. The van der Waals surface area contributed by atoms with Gasteiger partial charge in [-0.3, -0.25) is 11.3 Å². The molecule has 0 spiro atoms. The van der Waals surface area contributed by atoms with E-state index in [1.54, 1.807) is 0 Å². The standard InChI is InChI=1S/C9H20N2/c1-7-4-8(11-10)6-9(2,3)5-7/h7-8,11H,4-6,10H2,1-3H3/t7-,8-/m1/s1. The molecule has 1 aliphatic rings. The van der Waals surface area contributed by atoms with E-state index >= 15 is 0 Å². The van der Waals surface area contributed by atoms with E-state index in [2.05, 4.69) is 26.2 Å². The van der Waals surface area contributed by atoms with Gasteiger partial charge >= 0.3 is 0 Å². The average molecular weight is 156 g/mol. The zero-order valence-corrected chi connectivity index (χ0v) is 7.85. The van der Waals surface area contributed by atoms with E-state index in [1.807, 2.05) is 0 Å². The van der Waals surface area contributed by atoms with Crippen molar-refractivity contribution < 1.29 is 0 Å². The molecule has 66 valence electrons. The Bertz CT molecular complexity index is 132. The van der Waals surface area contributed by atoms with Crippen LogP contribution in [0.15, 0.2) is 0 Å². The molecule has 2 nitrogen and oxygen atoms in total. The topological polar surface area (TPSA) is 38.0 Å². The largest absolute Gasteiger partial charge is 0.271 e. The van der Waals surface area contributed by atoms with E-state index in [-0.39, 0.29) is 0 Å². The highest BCUT2D eigenvalue weighted by molar-refractivity contribution is 4.85. The van der Waals surface area contributed by atoms with Gasteiger partial charge in [-0.15, -0.1) is 0 Å². The Balaban J connectivity index is 2.51. The summed E-state index contributed by atoms with van der Waals surface area (Å²) < 4.78 is 0. The van der Waals surface area contributed by atoms with Crippen LogP contribution in [0.2, 0.25) is 0 Å². The van der Waals surface area contributed by atoms with Crippen LogP contribution in [0.1, 0.15) is 40.0 Å². The minimum absolute atomic E-state index is 0.481. The van der Waals surface area contributed by atoms with Crippen molar-refractivity contribution in [1.29, 1.82) is 0 Å². The van der Waals surface area contributed by atoms with Crippen LogP contribution >= 0.6 is 0 Å². The van der Waals surface area contributed by atoms with Gasteiger partial charge in [-0.1, -0.05) is 20.8 Å². The van der Waals surface area contributed by atoms with Gasteiger partial charge in [0.1, 0.15) is 0 Å². The molecule has 3 N–H and O–H groups in total. The lowest BCUT2D eigenvalue weighted by Gasteiger charge is -2.38. The summed E-state index contributed by atoms with van der Waals surface area (Å²) in [5, 5.41) is 0. The normalized spacial score (nSPS) is 37.1. The molecule has 11 heavy (non-hydrogen) atoms. The van der Waals surface area contributed by atoms with Gasteiger partial charge in [-0.2, -0.15) is 0 Å². The Morgan fingerprint density at radius 1 is 1.36 bits per heavy atom. The van der Waals surface area contributed by atoms with Crippen LogP contribution in [0.5, 0.6) is 0 Å². The van der Waals surface area contributed by atoms with E-state index in [0.717, 1.165) is 5.92 Å². The first-order valence-corrected chi connectivity index (χ1v) is 4.49. The van der Waals surface area contributed by atoms with Crippen molar-refractivity contribution in [3.05, 3.63) is 0 Å².